The topological polar surface area (TPSA) is 824 Å². The van der Waals surface area contributed by atoms with Gasteiger partial charge in [-0.25, -0.2) is 17.5 Å². The van der Waals surface area contributed by atoms with Crippen molar-refractivity contribution in [1.82, 2.24) is 21.6 Å². The molecule has 1 aliphatic rings. The third-order valence-corrected chi connectivity index (χ3v) is 19.3. The number of hydrogen-bond donors (Lipinski definition) is 28. The number of rotatable bonds is 81. The molecule has 0 heterocycles. The zero-order chi connectivity index (χ0) is 103. The average Bonchev–Trinajstić information content (AvgIpc) is 0.892. The fourth-order valence-electron chi connectivity index (χ4n) is 11.1. The summed E-state index contributed by atoms with van der Waals surface area (Å²) in [6, 6.07) is 5.46. The number of carbonyl (C=O) groups excluding carboxylic acids is 4. The number of ketones is 1. The number of unbranched alkanes of at least 4 members (excludes halogenated alkanes) is 23. The van der Waals surface area contributed by atoms with E-state index in [9.17, 15) is 19.2 Å². The summed E-state index contributed by atoms with van der Waals surface area (Å²) < 4.78 is 46.9. The molecule has 0 aliphatic heterocycles. The average molecular weight is 1950 g/mol. The van der Waals surface area contributed by atoms with Crippen molar-refractivity contribution in [3.8, 4) is 0 Å². The van der Waals surface area contributed by atoms with Crippen molar-refractivity contribution in [2.24, 2.45) is 138 Å². The van der Waals surface area contributed by atoms with Crippen LogP contribution in [0.15, 0.2) is 18.2 Å². The summed E-state index contributed by atoms with van der Waals surface area (Å²) in [6.07, 6.45) is 45.6. The third-order valence-electron chi connectivity index (χ3n) is 19.3. The minimum Gasteiger partial charge on any atom is -0.399 e. The van der Waals surface area contributed by atoms with E-state index in [2.05, 4.69) is 16.2 Å². The van der Waals surface area contributed by atoms with Crippen LogP contribution < -0.4 is 160 Å². The molecule has 1 aliphatic carbocycles. The van der Waals surface area contributed by atoms with Gasteiger partial charge in [0.05, 0.1) is 99.0 Å². The number of nitrogens with two attached hydrogens (primary N) is 24. The lowest BCUT2D eigenvalue weighted by atomic mass is 9.82. The number of hydrogen-bond acceptors (Lipinski definition) is 38. The largest absolute Gasteiger partial charge is 0.399 e. The number of ether oxygens (including phenoxy) is 9. The van der Waals surface area contributed by atoms with Crippen LogP contribution in [0.4, 0.5) is 11.4 Å². The zero-order valence-electron chi connectivity index (χ0n) is 85.8. The highest BCUT2D eigenvalue weighted by Gasteiger charge is 2.18. The van der Waals surface area contributed by atoms with E-state index in [1.165, 1.54) is 128 Å². The summed E-state index contributed by atoms with van der Waals surface area (Å²) >= 11 is 0. The molecule has 1 saturated carbocycles. The van der Waals surface area contributed by atoms with E-state index in [0.29, 0.717) is 170 Å². The highest BCUT2D eigenvalue weighted by molar-refractivity contribution is 5.80. The molecule has 135 heavy (non-hydrogen) atoms. The maximum atomic E-state index is 10.8. The number of carbonyl (C=O) groups is 4. The van der Waals surface area contributed by atoms with Crippen LogP contribution in [-0.4, -0.2) is 280 Å². The van der Waals surface area contributed by atoms with Crippen LogP contribution in [0.1, 0.15) is 275 Å². The lowest BCUT2D eigenvalue weighted by molar-refractivity contribution is -0.122. The van der Waals surface area contributed by atoms with Crippen molar-refractivity contribution in [2.75, 3.05) is 268 Å². The van der Waals surface area contributed by atoms with Gasteiger partial charge < -0.3 is 168 Å². The predicted octanol–water partition coefficient (Wildman–Crippen LogP) is 2.13. The Morgan fingerprint density at radius 2 is 0.489 bits per heavy atom. The second-order valence-corrected chi connectivity index (χ2v) is 31.8. The van der Waals surface area contributed by atoms with Crippen molar-refractivity contribution in [1.29, 1.82) is 0 Å². The Morgan fingerprint density at radius 1 is 0.259 bits per heavy atom. The van der Waals surface area contributed by atoms with Gasteiger partial charge >= 0.3 is 0 Å². The smallest absolute Gasteiger partial charge is 0.233 e. The maximum absolute atomic E-state index is 10.8. The summed E-state index contributed by atoms with van der Waals surface area (Å²) in [7, 11) is 0. The first-order valence-electron chi connectivity index (χ1n) is 51.1. The van der Waals surface area contributed by atoms with Gasteiger partial charge in [0, 0.05) is 89.7 Å². The third kappa shape index (κ3) is 166. The SMILES string of the molecule is Cc1cc(N)ccc1N.NCC(=O)CCCCC(=O)NN.NCC1CCC(CN)CC1.NCCCCCCCCCCN.NCCCCCCN.NCCCCCCNCCCN.NCCCCN.NCCCN.NCCCOCCCCOCCCN.NCCOCCOCCOCCN.NCCOCCOCCOCCOCCN.NNC(=O)CCCCCCCCCCC(=O)NN. The number of amides is 3. The van der Waals surface area contributed by atoms with E-state index in [0.717, 1.165) is 250 Å². The molecule has 0 radical (unpaired) electrons. The van der Waals surface area contributed by atoms with E-state index in [1.807, 2.05) is 24.5 Å². The number of aryl methyl sites for hydroxylation is 1. The molecular weight excluding hydrogens is 1730 g/mol. The van der Waals surface area contributed by atoms with Gasteiger partial charge in [-0.3, -0.25) is 35.5 Å². The highest BCUT2D eigenvalue weighted by atomic mass is 16.6. The van der Waals surface area contributed by atoms with Crippen LogP contribution in [0.3, 0.4) is 0 Å². The number of nitrogens with one attached hydrogen (secondary N) is 4. The summed E-state index contributed by atoms with van der Waals surface area (Å²) in [5.41, 5.74) is 120. The fraction of sp³-hybridized carbons (Fsp3) is 0.894. The van der Waals surface area contributed by atoms with Crippen molar-refractivity contribution >= 4 is 34.9 Å². The molecule has 1 fully saturated rings. The van der Waals surface area contributed by atoms with Crippen LogP contribution in [-0.2, 0) is 61.8 Å². The number of hydrazine groups is 3. The van der Waals surface area contributed by atoms with Gasteiger partial charge in [-0.05, 0) is 288 Å². The van der Waals surface area contributed by atoms with Gasteiger partial charge in [0.1, 0.15) is 5.78 Å². The Labute approximate surface area is 821 Å². The van der Waals surface area contributed by atoms with E-state index in [4.69, 9.17) is 181 Å². The summed E-state index contributed by atoms with van der Waals surface area (Å²) in [5.74, 6) is 16.0. The molecule has 0 saturated heterocycles. The lowest BCUT2D eigenvalue weighted by Crippen LogP contribution is -2.29. The predicted molar refractivity (Wildman–Crippen MR) is 565 cm³/mol. The van der Waals surface area contributed by atoms with Crippen molar-refractivity contribution in [2.45, 2.75) is 277 Å². The molecule has 0 spiro atoms. The summed E-state index contributed by atoms with van der Waals surface area (Å²) in [6.45, 7) is 28.9. The fourth-order valence-corrected chi connectivity index (χ4v) is 11.1. The van der Waals surface area contributed by atoms with E-state index in [-0.39, 0.29) is 30.0 Å². The molecule has 0 aromatic heterocycles. The first-order valence-corrected chi connectivity index (χ1v) is 51.1. The van der Waals surface area contributed by atoms with Gasteiger partial charge in [-0.2, -0.15) is 0 Å². The molecular formula is C94H222N28O13. The van der Waals surface area contributed by atoms with Crippen LogP contribution in [0.2, 0.25) is 0 Å². The second-order valence-electron chi connectivity index (χ2n) is 31.8. The molecule has 1 aromatic rings. The van der Waals surface area contributed by atoms with Gasteiger partial charge in [-0.15, -0.1) is 0 Å². The number of anilines is 2. The highest BCUT2D eigenvalue weighted by Crippen LogP contribution is 2.27. The standard InChI is InChI=1S/C12H26N4O2.C10H24N2O4.C10H24N2O2.C10H24N2.C9H23N3.C8H20N2O3.C8H18N2.C7H15N3O2.C7H10N2.C6H16N2.C4H12N2.C3H10N2/c13-15-11(17)9-7-5-3-1-2-4-6-8-10-12(18)16-14;11-1-3-13-5-7-15-9-10-16-8-6-14-4-2-12;11-5-3-9-13-7-1-2-8-14-10-4-6-12;11-9-7-5-3-1-2-4-6-8-10-12;10-6-3-1-2-4-8-12-9-5-7-11;9-1-3-11-5-7-13-8-6-12-4-2-10;9-5-7-1-2-8(6-10)4-3-7;8-5-6(11)3-1-2-4-7(12)10-9;1-5-4-6(8)2-3-7(5)9;7-5-3-1-2-4-6-8;5-3-1-2-4-6;4-2-1-3-5/h1-10,13-14H2,(H,15,17)(H,16,18);1-12H2;1-12H2;1-12H2;12H,1-11H2;1-10H2;7-8H,1-6,9-10H2;1-5,8-9H2,(H,10,12);2-4H,8-9H2,1H3;1-8H2;1-6H2;1-5H2. The van der Waals surface area contributed by atoms with E-state index < -0.39 is 0 Å². The summed E-state index contributed by atoms with van der Waals surface area (Å²) in [4.78, 5) is 42.9. The van der Waals surface area contributed by atoms with Crippen LogP contribution in [0.5, 0.6) is 0 Å². The van der Waals surface area contributed by atoms with Crippen LogP contribution >= 0.6 is 0 Å². The Morgan fingerprint density at radius 3 is 0.733 bits per heavy atom. The zero-order valence-corrected chi connectivity index (χ0v) is 85.8. The van der Waals surface area contributed by atoms with Crippen molar-refractivity contribution < 1.29 is 61.8 Å². The van der Waals surface area contributed by atoms with Crippen molar-refractivity contribution in [3.63, 3.8) is 0 Å². The molecule has 0 unspecified atom stereocenters. The molecule has 0 bridgehead atoms. The maximum Gasteiger partial charge on any atom is 0.233 e. The van der Waals surface area contributed by atoms with Gasteiger partial charge in [-0.1, -0.05) is 103 Å². The monoisotopic (exact) mass is 1950 g/mol. The number of Topliss-reactive ketones (excluding diaryl/α,β-unsaturated/α-hetero) is 1. The summed E-state index contributed by atoms with van der Waals surface area (Å²) in [5, 5.41) is 3.35. The minimum absolute atomic E-state index is 0.0307. The first-order chi connectivity index (χ1) is 65.8. The molecule has 41 heteroatoms. The van der Waals surface area contributed by atoms with Gasteiger partial charge in [0.25, 0.3) is 0 Å². The molecule has 52 N–H and O–H groups in total. The second kappa shape index (κ2) is 150. The molecule has 1 aromatic carbocycles. The van der Waals surface area contributed by atoms with Crippen molar-refractivity contribution in [3.05, 3.63) is 23.8 Å². The Balaban J connectivity index is -0.000000160. The van der Waals surface area contributed by atoms with E-state index in [1.54, 1.807) is 6.07 Å². The number of benzene rings is 1. The van der Waals surface area contributed by atoms with Crippen LogP contribution in [0.25, 0.3) is 0 Å². The van der Waals surface area contributed by atoms with Gasteiger partial charge in [0.15, 0.2) is 0 Å². The minimum atomic E-state index is -0.199. The molecule has 3 amide bonds. The molecule has 41 nitrogen and oxygen atoms in total. The molecule has 0 atom stereocenters. The first kappa shape index (κ1) is 151. The lowest BCUT2D eigenvalue weighted by Gasteiger charge is -2.26. The normalized spacial score (nSPS) is 11.9. The molecule has 816 valence electrons. The Bertz CT molecular complexity index is 2120. The molecule has 2 rings (SSSR count). The Kier molecular flexibility index (Phi) is 167. The Hall–Kier alpha value is -4.38. The van der Waals surface area contributed by atoms with Gasteiger partial charge in [0.2, 0.25) is 17.7 Å². The quantitative estimate of drug-likeness (QED) is 0.0146. The van der Waals surface area contributed by atoms with E-state index >= 15 is 0 Å². The van der Waals surface area contributed by atoms with Crippen LogP contribution in [0, 0.1) is 18.8 Å². The number of nitrogen functional groups attached to an aromatic ring is 2.